The lowest BCUT2D eigenvalue weighted by Crippen LogP contribution is -2.53. The summed E-state index contributed by atoms with van der Waals surface area (Å²) in [6, 6.07) is 23.1. The van der Waals surface area contributed by atoms with E-state index in [1.165, 1.54) is 23.5 Å². The average Bonchev–Trinajstić information content (AvgIpc) is 3.77. The number of anilines is 1. The molecule has 0 bridgehead atoms. The van der Waals surface area contributed by atoms with Gasteiger partial charge in [-0.05, 0) is 116 Å². The number of hydrogen-bond acceptors (Lipinski definition) is 10. The zero-order valence-electron chi connectivity index (χ0n) is 32.7. The minimum Gasteiger partial charge on any atom is -0.508 e. The van der Waals surface area contributed by atoms with Crippen molar-refractivity contribution in [2.24, 2.45) is 0 Å². The normalized spacial score (nSPS) is 19.5. The summed E-state index contributed by atoms with van der Waals surface area (Å²) in [6.07, 6.45) is -1.66. The van der Waals surface area contributed by atoms with Crippen LogP contribution in [0.1, 0.15) is 47.2 Å². The molecule has 9 rings (SSSR count). The van der Waals surface area contributed by atoms with Crippen molar-refractivity contribution >= 4 is 44.8 Å². The molecule has 11 nitrogen and oxygen atoms in total. The molecule has 312 valence electrons. The molecule has 1 unspecified atom stereocenters. The molecule has 4 aliphatic heterocycles. The number of amides is 3. The molecule has 0 spiro atoms. The second-order valence-electron chi connectivity index (χ2n) is 15.8. The fraction of sp³-hybridized carbons (Fsp3) is 0.356. The van der Waals surface area contributed by atoms with E-state index in [0.29, 0.717) is 58.9 Å². The van der Waals surface area contributed by atoms with Gasteiger partial charge in [-0.25, -0.2) is 0 Å². The number of fused-ring (bicyclic) bond motifs is 2. The Hall–Kier alpha value is -5.64. The fourth-order valence-electron chi connectivity index (χ4n) is 8.79. The lowest BCUT2D eigenvalue weighted by molar-refractivity contribution is -0.138. The van der Waals surface area contributed by atoms with E-state index in [2.05, 4.69) is 26.1 Å². The van der Waals surface area contributed by atoms with E-state index in [0.717, 1.165) is 92.1 Å². The van der Waals surface area contributed by atoms with E-state index in [1.807, 2.05) is 36.4 Å². The smallest absolute Gasteiger partial charge is 0.416 e. The van der Waals surface area contributed by atoms with Crippen LogP contribution < -0.4 is 19.7 Å². The van der Waals surface area contributed by atoms with Crippen LogP contribution in [0.25, 0.3) is 20.5 Å². The van der Waals surface area contributed by atoms with Gasteiger partial charge in [0.2, 0.25) is 11.8 Å². The van der Waals surface area contributed by atoms with Gasteiger partial charge in [-0.1, -0.05) is 12.1 Å². The number of imide groups is 1. The second kappa shape index (κ2) is 16.4. The van der Waals surface area contributed by atoms with Crippen LogP contribution in [0.3, 0.4) is 0 Å². The molecule has 60 heavy (non-hydrogen) atoms. The number of benzene rings is 4. The van der Waals surface area contributed by atoms with Crippen LogP contribution in [0.2, 0.25) is 0 Å². The highest BCUT2D eigenvalue weighted by atomic mass is 32.1. The van der Waals surface area contributed by atoms with Gasteiger partial charge in [-0.15, -0.1) is 11.3 Å². The summed E-state index contributed by atoms with van der Waals surface area (Å²) in [7, 11) is 0. The van der Waals surface area contributed by atoms with Crippen molar-refractivity contribution < 1.29 is 42.1 Å². The maximum Gasteiger partial charge on any atom is 0.416 e. The Morgan fingerprint density at radius 2 is 1.55 bits per heavy atom. The molecule has 5 heterocycles. The summed E-state index contributed by atoms with van der Waals surface area (Å²) >= 11 is 1.34. The minimum atomic E-state index is -4.43. The van der Waals surface area contributed by atoms with Crippen LogP contribution >= 0.6 is 11.3 Å². The predicted molar refractivity (Wildman–Crippen MR) is 222 cm³/mol. The van der Waals surface area contributed by atoms with Crippen LogP contribution in [-0.4, -0.2) is 102 Å². The molecule has 3 fully saturated rings. The molecule has 3 saturated heterocycles. The number of piperazine rings is 1. The molecule has 0 radical (unpaired) electrons. The highest BCUT2D eigenvalue weighted by molar-refractivity contribution is 7.22. The molecule has 4 aromatic carbocycles. The number of carbonyl (C=O) groups is 3. The van der Waals surface area contributed by atoms with Crippen LogP contribution in [0, 0.1) is 0 Å². The third-order valence-electron chi connectivity index (χ3n) is 12.1. The standard InChI is InChI=1S/C45H44F3N5O6S/c46-45(47,48)30-3-1-28(2-4-30)42-41(37-12-6-33(54)26-39(37)60-42)59-35-9-7-34(8-10-35)58-24-23-50-17-15-31(16-18-50)51-19-21-52(22-20-51)32-5-11-36-29(25-32)27-53(44(36)57)38-13-14-40(55)49-43(38)56/h1-12,25-26,31,38,54H,13-24,27H2,(H,49,55,56). The first-order valence-electron chi connectivity index (χ1n) is 20.3. The van der Waals surface area contributed by atoms with Crippen LogP contribution in [-0.2, 0) is 22.3 Å². The highest BCUT2D eigenvalue weighted by Gasteiger charge is 2.39. The number of thiophene rings is 1. The average molecular weight is 840 g/mol. The monoisotopic (exact) mass is 839 g/mol. The summed E-state index contributed by atoms with van der Waals surface area (Å²) in [5, 5.41) is 13.2. The van der Waals surface area contributed by atoms with Crippen molar-refractivity contribution in [1.29, 1.82) is 0 Å². The zero-order chi connectivity index (χ0) is 41.5. The third kappa shape index (κ3) is 8.25. The van der Waals surface area contributed by atoms with Crippen molar-refractivity contribution in [2.75, 3.05) is 57.3 Å². The SMILES string of the molecule is O=C1CCC(N2Cc3cc(N4CCN(C5CCN(CCOc6ccc(Oc7c(-c8ccc(C(F)(F)F)cc8)sc8cc(O)ccc78)cc6)CC5)CC4)ccc3C2=O)C(=O)N1. The number of rotatable bonds is 10. The first-order valence-corrected chi connectivity index (χ1v) is 21.1. The Labute approximate surface area is 348 Å². The number of nitrogens with zero attached hydrogens (tertiary/aromatic N) is 4. The maximum absolute atomic E-state index is 13.2. The summed E-state index contributed by atoms with van der Waals surface area (Å²) in [5.74, 6) is 1.02. The number of ether oxygens (including phenoxy) is 2. The van der Waals surface area contributed by atoms with Gasteiger partial charge >= 0.3 is 6.18 Å². The van der Waals surface area contributed by atoms with Crippen molar-refractivity contribution in [3.63, 3.8) is 0 Å². The molecule has 0 saturated carbocycles. The number of phenols is 1. The molecule has 4 aliphatic rings. The molecule has 2 N–H and O–H groups in total. The summed E-state index contributed by atoms with van der Waals surface area (Å²) in [4.78, 5) is 46.9. The number of phenolic OH excluding ortho intramolecular Hbond substituents is 1. The number of hydrogen-bond donors (Lipinski definition) is 2. The van der Waals surface area contributed by atoms with E-state index < -0.39 is 23.7 Å². The molecule has 1 atom stereocenters. The van der Waals surface area contributed by atoms with Gasteiger partial charge < -0.3 is 24.4 Å². The molecule has 1 aromatic heterocycles. The van der Waals surface area contributed by atoms with E-state index in [-0.39, 0.29) is 24.0 Å². The quantitative estimate of drug-likeness (QED) is 0.138. The first kappa shape index (κ1) is 39.8. The van der Waals surface area contributed by atoms with Gasteiger partial charge in [0.1, 0.15) is 29.9 Å². The van der Waals surface area contributed by atoms with E-state index >= 15 is 0 Å². The van der Waals surface area contributed by atoms with Gasteiger partial charge in [-0.2, -0.15) is 13.2 Å². The molecule has 5 aromatic rings. The predicted octanol–water partition coefficient (Wildman–Crippen LogP) is 7.51. The molecule has 15 heteroatoms. The number of alkyl halides is 3. The molecular weight excluding hydrogens is 796 g/mol. The number of carbonyl (C=O) groups excluding carboxylic acids is 3. The van der Waals surface area contributed by atoms with Crippen molar-refractivity contribution in [2.45, 2.75) is 50.5 Å². The number of halogens is 3. The lowest BCUT2D eigenvalue weighted by atomic mass is 10.0. The van der Waals surface area contributed by atoms with Gasteiger partial charge in [-0.3, -0.25) is 29.5 Å². The minimum absolute atomic E-state index is 0.0906. The number of aromatic hydroxyl groups is 1. The Morgan fingerprint density at radius 3 is 2.27 bits per heavy atom. The summed E-state index contributed by atoms with van der Waals surface area (Å²) in [6.45, 7) is 7.45. The molecule has 0 aliphatic carbocycles. The summed E-state index contributed by atoms with van der Waals surface area (Å²) in [5.41, 5.74) is 2.51. The van der Waals surface area contributed by atoms with E-state index in [9.17, 15) is 32.7 Å². The highest BCUT2D eigenvalue weighted by Crippen LogP contribution is 2.47. The van der Waals surface area contributed by atoms with Gasteiger partial charge in [0.05, 0.1) is 10.4 Å². The second-order valence-corrected chi connectivity index (χ2v) is 16.8. The topological polar surface area (TPSA) is 115 Å². The molecule has 3 amide bonds. The fourth-order valence-corrected chi connectivity index (χ4v) is 9.96. The number of piperidine rings is 2. The Bertz CT molecular complexity index is 2410. The zero-order valence-corrected chi connectivity index (χ0v) is 33.6. The Kier molecular flexibility index (Phi) is 10.9. The van der Waals surface area contributed by atoms with Crippen LogP contribution in [0.4, 0.5) is 18.9 Å². The van der Waals surface area contributed by atoms with Crippen LogP contribution in [0.15, 0.2) is 84.9 Å². The van der Waals surface area contributed by atoms with Crippen LogP contribution in [0.5, 0.6) is 23.0 Å². The largest absolute Gasteiger partial charge is 0.508 e. The Morgan fingerprint density at radius 1 is 0.817 bits per heavy atom. The van der Waals surface area contributed by atoms with E-state index in [1.54, 1.807) is 23.1 Å². The lowest BCUT2D eigenvalue weighted by Gasteiger charge is -2.43. The maximum atomic E-state index is 13.2. The van der Waals surface area contributed by atoms with Gasteiger partial charge in [0, 0.05) is 73.1 Å². The van der Waals surface area contributed by atoms with Gasteiger partial charge in [0.15, 0.2) is 5.75 Å². The number of nitrogens with one attached hydrogen (secondary N) is 1. The Balaban J connectivity index is 0.731. The third-order valence-corrected chi connectivity index (χ3v) is 13.3. The van der Waals surface area contributed by atoms with Crippen molar-refractivity contribution in [3.05, 3.63) is 102 Å². The first-order chi connectivity index (χ1) is 29.0. The number of likely N-dealkylation sites (tertiary alicyclic amines) is 1. The van der Waals surface area contributed by atoms with Gasteiger partial charge in [0.25, 0.3) is 5.91 Å². The molecular formula is C45H44F3N5O6S. The van der Waals surface area contributed by atoms with E-state index in [4.69, 9.17) is 9.47 Å². The van der Waals surface area contributed by atoms with Crippen molar-refractivity contribution in [3.8, 4) is 33.4 Å². The van der Waals surface area contributed by atoms with Crippen molar-refractivity contribution in [1.82, 2.24) is 20.0 Å². The summed E-state index contributed by atoms with van der Waals surface area (Å²) < 4.78 is 52.9.